The zero-order valence-electron chi connectivity index (χ0n) is 15.0. The van der Waals surface area contributed by atoms with E-state index >= 15 is 0 Å². The van der Waals surface area contributed by atoms with Gasteiger partial charge in [-0.15, -0.1) is 0 Å². The van der Waals surface area contributed by atoms with E-state index in [2.05, 4.69) is 37.5 Å². The Labute approximate surface area is 133 Å². The zero-order valence-corrected chi connectivity index (χ0v) is 15.0. The van der Waals surface area contributed by atoms with Gasteiger partial charge in [0, 0.05) is 37.8 Å². The highest BCUT2D eigenvalue weighted by Crippen LogP contribution is 2.30. The summed E-state index contributed by atoms with van der Waals surface area (Å²) in [6.07, 6.45) is 11.8. The van der Waals surface area contributed by atoms with Crippen molar-refractivity contribution in [3.63, 3.8) is 0 Å². The van der Waals surface area contributed by atoms with Crippen LogP contribution in [0.25, 0.3) is 0 Å². The smallest absolute Gasteiger partial charge is 0.0154 e. The molecule has 2 rings (SSSR count). The van der Waals surface area contributed by atoms with Gasteiger partial charge in [0.25, 0.3) is 0 Å². The number of hydrogen-bond acceptors (Lipinski definition) is 2. The molecule has 21 heavy (non-hydrogen) atoms. The van der Waals surface area contributed by atoms with Crippen molar-refractivity contribution < 1.29 is 0 Å². The number of nitrogens with zero attached hydrogens (tertiary/aromatic N) is 2. The van der Waals surface area contributed by atoms with Gasteiger partial charge in [-0.1, -0.05) is 44.9 Å². The Morgan fingerprint density at radius 2 is 1.57 bits per heavy atom. The summed E-state index contributed by atoms with van der Waals surface area (Å²) in [7, 11) is 0. The first-order chi connectivity index (χ1) is 9.99. The second-order valence-corrected chi connectivity index (χ2v) is 8.33. The van der Waals surface area contributed by atoms with Crippen molar-refractivity contribution in [1.29, 1.82) is 0 Å². The van der Waals surface area contributed by atoms with Gasteiger partial charge in [-0.2, -0.15) is 0 Å². The van der Waals surface area contributed by atoms with Gasteiger partial charge < -0.3 is 0 Å². The SMILES string of the molecule is CC(C)N1CCN(C(C)(C)CCCC2CCCCC2)CC1. The lowest BCUT2D eigenvalue weighted by Crippen LogP contribution is -2.55. The lowest BCUT2D eigenvalue weighted by atomic mass is 9.84. The van der Waals surface area contributed by atoms with Crippen LogP contribution >= 0.6 is 0 Å². The number of piperazine rings is 1. The lowest BCUT2D eigenvalue weighted by Gasteiger charge is -2.45. The first kappa shape index (κ1) is 17.3. The van der Waals surface area contributed by atoms with Gasteiger partial charge in [-0.3, -0.25) is 9.80 Å². The predicted octanol–water partition coefficient (Wildman–Crippen LogP) is 4.54. The summed E-state index contributed by atoms with van der Waals surface area (Å²) >= 11 is 0. The summed E-state index contributed by atoms with van der Waals surface area (Å²) in [5.74, 6) is 1.05. The quantitative estimate of drug-likeness (QED) is 0.709. The summed E-state index contributed by atoms with van der Waals surface area (Å²) < 4.78 is 0. The molecule has 0 aromatic rings. The minimum absolute atomic E-state index is 0.401. The van der Waals surface area contributed by atoms with Crippen LogP contribution in [0.5, 0.6) is 0 Å². The second kappa shape index (κ2) is 7.97. The van der Waals surface area contributed by atoms with Crippen LogP contribution in [-0.4, -0.2) is 47.6 Å². The van der Waals surface area contributed by atoms with Crippen LogP contribution in [0.4, 0.5) is 0 Å². The van der Waals surface area contributed by atoms with Gasteiger partial charge in [0.1, 0.15) is 0 Å². The standard InChI is InChI=1S/C19H38N2/c1-17(2)20-13-15-21(16-14-20)19(3,4)12-8-11-18-9-6-5-7-10-18/h17-18H,5-16H2,1-4H3. The maximum Gasteiger partial charge on any atom is 0.0154 e. The lowest BCUT2D eigenvalue weighted by molar-refractivity contribution is 0.0338. The molecule has 1 aliphatic carbocycles. The molecular weight excluding hydrogens is 256 g/mol. The Kier molecular flexibility index (Phi) is 6.55. The maximum atomic E-state index is 2.74. The molecule has 2 nitrogen and oxygen atoms in total. The van der Waals surface area contributed by atoms with Crippen LogP contribution in [0.3, 0.4) is 0 Å². The molecule has 1 heterocycles. The number of rotatable bonds is 6. The van der Waals surface area contributed by atoms with Crippen molar-refractivity contribution in [3.05, 3.63) is 0 Å². The molecule has 0 atom stereocenters. The van der Waals surface area contributed by atoms with E-state index in [1.165, 1.54) is 77.5 Å². The summed E-state index contributed by atoms with van der Waals surface area (Å²) in [6, 6.07) is 0.710. The highest BCUT2D eigenvalue weighted by Gasteiger charge is 2.30. The largest absolute Gasteiger partial charge is 0.298 e. The number of hydrogen-bond donors (Lipinski definition) is 0. The normalized spacial score (nSPS) is 23.9. The van der Waals surface area contributed by atoms with Crippen LogP contribution in [0.2, 0.25) is 0 Å². The van der Waals surface area contributed by atoms with E-state index in [9.17, 15) is 0 Å². The first-order valence-corrected chi connectivity index (χ1v) is 9.48. The van der Waals surface area contributed by atoms with Crippen LogP contribution in [0, 0.1) is 5.92 Å². The minimum Gasteiger partial charge on any atom is -0.298 e. The maximum absolute atomic E-state index is 2.74. The molecule has 124 valence electrons. The highest BCUT2D eigenvalue weighted by molar-refractivity contribution is 4.86. The Morgan fingerprint density at radius 3 is 2.14 bits per heavy atom. The van der Waals surface area contributed by atoms with E-state index in [0.29, 0.717) is 11.6 Å². The molecule has 0 bridgehead atoms. The predicted molar refractivity (Wildman–Crippen MR) is 92.8 cm³/mol. The molecule has 2 fully saturated rings. The molecule has 1 saturated heterocycles. The average Bonchev–Trinajstić information content (AvgIpc) is 2.48. The van der Waals surface area contributed by atoms with Crippen LogP contribution in [0.1, 0.15) is 79.1 Å². The topological polar surface area (TPSA) is 6.48 Å². The minimum atomic E-state index is 0.401. The van der Waals surface area contributed by atoms with E-state index in [1.807, 2.05) is 0 Å². The Bertz CT molecular complexity index is 284. The summed E-state index contributed by atoms with van der Waals surface area (Å²) in [5, 5.41) is 0. The van der Waals surface area contributed by atoms with E-state index in [1.54, 1.807) is 0 Å². The molecule has 0 N–H and O–H groups in total. The van der Waals surface area contributed by atoms with Gasteiger partial charge in [0.2, 0.25) is 0 Å². The fraction of sp³-hybridized carbons (Fsp3) is 1.00. The van der Waals surface area contributed by atoms with E-state index in [4.69, 9.17) is 0 Å². The molecule has 0 unspecified atom stereocenters. The zero-order chi connectivity index (χ0) is 15.3. The molecule has 1 saturated carbocycles. The van der Waals surface area contributed by atoms with Crippen molar-refractivity contribution in [2.45, 2.75) is 90.6 Å². The van der Waals surface area contributed by atoms with E-state index in [0.717, 1.165) is 5.92 Å². The fourth-order valence-electron chi connectivity index (χ4n) is 4.30. The Balaban J connectivity index is 1.69. The van der Waals surface area contributed by atoms with Crippen LogP contribution < -0.4 is 0 Å². The van der Waals surface area contributed by atoms with E-state index in [-0.39, 0.29) is 0 Å². The summed E-state index contributed by atoms with van der Waals surface area (Å²) in [6.45, 7) is 14.6. The third-order valence-electron chi connectivity index (χ3n) is 6.03. The van der Waals surface area contributed by atoms with Gasteiger partial charge in [-0.25, -0.2) is 0 Å². The molecule has 0 aromatic carbocycles. The van der Waals surface area contributed by atoms with Crippen LogP contribution in [0.15, 0.2) is 0 Å². The third kappa shape index (κ3) is 5.25. The highest BCUT2D eigenvalue weighted by atomic mass is 15.3. The van der Waals surface area contributed by atoms with Crippen LogP contribution in [-0.2, 0) is 0 Å². The molecule has 0 amide bonds. The van der Waals surface area contributed by atoms with Crippen molar-refractivity contribution in [2.75, 3.05) is 26.2 Å². The van der Waals surface area contributed by atoms with Gasteiger partial charge in [0.15, 0.2) is 0 Å². The second-order valence-electron chi connectivity index (χ2n) is 8.33. The van der Waals surface area contributed by atoms with Gasteiger partial charge >= 0.3 is 0 Å². The molecule has 0 radical (unpaired) electrons. The third-order valence-corrected chi connectivity index (χ3v) is 6.03. The van der Waals surface area contributed by atoms with Crippen molar-refractivity contribution in [2.24, 2.45) is 5.92 Å². The van der Waals surface area contributed by atoms with E-state index < -0.39 is 0 Å². The fourth-order valence-corrected chi connectivity index (χ4v) is 4.30. The van der Waals surface area contributed by atoms with Gasteiger partial charge in [-0.05, 0) is 40.0 Å². The van der Waals surface area contributed by atoms with Gasteiger partial charge in [0.05, 0.1) is 0 Å². The van der Waals surface area contributed by atoms with Crippen molar-refractivity contribution in [1.82, 2.24) is 9.80 Å². The molecule has 1 aliphatic heterocycles. The van der Waals surface area contributed by atoms with Crippen molar-refractivity contribution in [3.8, 4) is 0 Å². The van der Waals surface area contributed by atoms with Crippen molar-refractivity contribution >= 4 is 0 Å². The average molecular weight is 295 g/mol. The molecule has 2 heteroatoms. The molecular formula is C19H38N2. The molecule has 2 aliphatic rings. The molecule has 0 spiro atoms. The monoisotopic (exact) mass is 294 g/mol. The first-order valence-electron chi connectivity index (χ1n) is 9.48. The Morgan fingerprint density at radius 1 is 0.952 bits per heavy atom. The molecule has 0 aromatic heterocycles. The summed E-state index contributed by atoms with van der Waals surface area (Å²) in [5.41, 5.74) is 0.401. The Hall–Kier alpha value is -0.0800. The summed E-state index contributed by atoms with van der Waals surface area (Å²) in [4.78, 5) is 5.36.